The summed E-state index contributed by atoms with van der Waals surface area (Å²) in [5.41, 5.74) is -0.506. The molecular formula is C22H29N7O3. The Kier molecular flexibility index (Phi) is 6.48. The number of carbonyl (C=O) groups is 3. The van der Waals surface area contributed by atoms with Crippen LogP contribution in [-0.4, -0.2) is 69.2 Å². The van der Waals surface area contributed by atoms with E-state index in [1.165, 1.54) is 13.3 Å². The van der Waals surface area contributed by atoms with Gasteiger partial charge in [-0.05, 0) is 39.2 Å². The molecule has 1 aliphatic rings. The van der Waals surface area contributed by atoms with Gasteiger partial charge >= 0.3 is 0 Å². The molecule has 3 atom stereocenters. The van der Waals surface area contributed by atoms with Gasteiger partial charge in [-0.3, -0.25) is 14.4 Å². The van der Waals surface area contributed by atoms with Gasteiger partial charge in [-0.1, -0.05) is 6.92 Å². The number of nitrogens with zero attached hydrogens (tertiary/aromatic N) is 5. The van der Waals surface area contributed by atoms with E-state index < -0.39 is 23.1 Å². The number of carbonyl (C=O) groups excluding carboxylic acids is 3. The maximum Gasteiger partial charge on any atom is 0.247 e. The average molecular weight is 440 g/mol. The van der Waals surface area contributed by atoms with E-state index in [4.69, 9.17) is 5.26 Å². The predicted molar refractivity (Wildman–Crippen MR) is 118 cm³/mol. The Bertz CT molecular complexity index is 1070. The Morgan fingerprint density at radius 2 is 2.09 bits per heavy atom. The van der Waals surface area contributed by atoms with Gasteiger partial charge in [0.05, 0.1) is 17.5 Å². The van der Waals surface area contributed by atoms with Crippen LogP contribution in [0.4, 0.5) is 5.82 Å². The largest absolute Gasteiger partial charge is 0.354 e. The van der Waals surface area contributed by atoms with Gasteiger partial charge in [0, 0.05) is 26.3 Å². The number of aromatic amines is 1. The summed E-state index contributed by atoms with van der Waals surface area (Å²) in [5, 5.41) is 12.6. The summed E-state index contributed by atoms with van der Waals surface area (Å²) in [4.78, 5) is 52.8. The first-order valence-corrected chi connectivity index (χ1v) is 10.6. The first kappa shape index (κ1) is 23.2. The zero-order valence-corrected chi connectivity index (χ0v) is 19.0. The summed E-state index contributed by atoms with van der Waals surface area (Å²) in [7, 11) is 1.96. The first-order chi connectivity index (χ1) is 15.1. The van der Waals surface area contributed by atoms with E-state index in [0.717, 1.165) is 23.3 Å². The highest BCUT2D eigenvalue weighted by molar-refractivity contribution is 6.04. The molecule has 2 aromatic heterocycles. The number of nitriles is 1. The van der Waals surface area contributed by atoms with Crippen LogP contribution in [0.15, 0.2) is 18.6 Å². The van der Waals surface area contributed by atoms with Gasteiger partial charge < -0.3 is 20.1 Å². The van der Waals surface area contributed by atoms with Gasteiger partial charge in [-0.15, -0.1) is 0 Å². The molecule has 0 aromatic carbocycles. The topological polar surface area (TPSA) is 135 Å². The minimum atomic E-state index is -1.43. The van der Waals surface area contributed by atoms with Crippen molar-refractivity contribution in [1.29, 1.82) is 5.26 Å². The molecule has 0 aliphatic carbocycles. The maximum atomic E-state index is 13.3. The number of aromatic nitrogens is 3. The van der Waals surface area contributed by atoms with Gasteiger partial charge in [0.2, 0.25) is 11.8 Å². The lowest BCUT2D eigenvalue weighted by Gasteiger charge is -2.44. The van der Waals surface area contributed by atoms with E-state index >= 15 is 0 Å². The Labute approximate surface area is 187 Å². The molecule has 0 saturated carbocycles. The number of likely N-dealkylation sites (N-methyl/N-ethyl adjacent to an activating group) is 1. The van der Waals surface area contributed by atoms with Crippen molar-refractivity contribution in [3.8, 4) is 6.07 Å². The van der Waals surface area contributed by atoms with Crippen molar-refractivity contribution in [3.63, 3.8) is 0 Å². The van der Waals surface area contributed by atoms with Crippen molar-refractivity contribution in [2.75, 3.05) is 25.0 Å². The van der Waals surface area contributed by atoms with E-state index in [9.17, 15) is 14.4 Å². The fraction of sp³-hybridized carbons (Fsp3) is 0.545. The van der Waals surface area contributed by atoms with Crippen LogP contribution < -0.4 is 10.2 Å². The summed E-state index contributed by atoms with van der Waals surface area (Å²) >= 11 is 0. The summed E-state index contributed by atoms with van der Waals surface area (Å²) in [6.07, 6.45) is 4.12. The number of Topliss-reactive ketones (excluding diaryl/α,β-unsaturated/α-hetero) is 1. The molecule has 2 N–H and O–H groups in total. The number of hydrogen-bond donors (Lipinski definition) is 2. The van der Waals surface area contributed by atoms with Crippen molar-refractivity contribution in [1.82, 2.24) is 25.2 Å². The minimum Gasteiger partial charge on any atom is -0.354 e. The minimum absolute atomic E-state index is 0.0104. The Morgan fingerprint density at radius 3 is 2.75 bits per heavy atom. The first-order valence-electron chi connectivity index (χ1n) is 10.6. The number of anilines is 1. The number of hydrogen-bond acceptors (Lipinski definition) is 7. The molecule has 170 valence electrons. The summed E-state index contributed by atoms with van der Waals surface area (Å²) in [6.45, 7) is 7.53. The van der Waals surface area contributed by atoms with Crippen molar-refractivity contribution in [3.05, 3.63) is 18.6 Å². The Hall–Kier alpha value is -3.48. The zero-order chi connectivity index (χ0) is 23.6. The van der Waals surface area contributed by atoms with Crippen LogP contribution in [0.5, 0.6) is 0 Å². The van der Waals surface area contributed by atoms with Gasteiger partial charge in [0.15, 0.2) is 11.7 Å². The molecular weight excluding hydrogens is 410 g/mol. The molecule has 1 saturated heterocycles. The number of rotatable bonds is 6. The standard InChI is InChI=1S/C22H29N7O3/c1-13-7-9-29(21(32)22(3,4)27-20(31)16(10-23)14(2)30)11-17(13)28(5)19-15-6-8-24-18(15)25-12-26-19/h6,8,12-13,16-17H,7,9,11H2,1-5H3,(H,27,31)(H,24,25,26). The molecule has 10 heteroatoms. The molecule has 0 radical (unpaired) electrons. The van der Waals surface area contributed by atoms with Crippen LogP contribution >= 0.6 is 0 Å². The second-order valence-corrected chi connectivity index (χ2v) is 8.92. The fourth-order valence-corrected chi connectivity index (χ4v) is 4.20. The predicted octanol–water partition coefficient (Wildman–Crippen LogP) is 1.25. The van der Waals surface area contributed by atoms with Crippen molar-refractivity contribution >= 4 is 34.4 Å². The van der Waals surface area contributed by atoms with E-state index in [1.54, 1.807) is 24.8 Å². The molecule has 3 unspecified atom stereocenters. The third kappa shape index (κ3) is 4.42. The number of likely N-dealkylation sites (tertiary alicyclic amines) is 1. The third-order valence-corrected chi connectivity index (χ3v) is 6.14. The third-order valence-electron chi connectivity index (χ3n) is 6.14. The fourth-order valence-electron chi connectivity index (χ4n) is 4.20. The molecule has 3 rings (SSSR count). The quantitative estimate of drug-likeness (QED) is 0.647. The molecule has 2 amide bonds. The highest BCUT2D eigenvalue weighted by Gasteiger charge is 2.40. The zero-order valence-electron chi connectivity index (χ0n) is 19.0. The van der Waals surface area contributed by atoms with Crippen LogP contribution in [0.2, 0.25) is 0 Å². The normalized spacial score (nSPS) is 19.8. The lowest BCUT2D eigenvalue weighted by atomic mass is 9.90. The number of nitrogens with one attached hydrogen (secondary N) is 2. The smallest absolute Gasteiger partial charge is 0.247 e. The second-order valence-electron chi connectivity index (χ2n) is 8.92. The highest BCUT2D eigenvalue weighted by atomic mass is 16.2. The Morgan fingerprint density at radius 1 is 1.38 bits per heavy atom. The van der Waals surface area contributed by atoms with Gasteiger partial charge in [0.1, 0.15) is 23.3 Å². The monoisotopic (exact) mass is 439 g/mol. The van der Waals surface area contributed by atoms with Crippen LogP contribution in [0.25, 0.3) is 11.0 Å². The SMILES string of the molecule is CC(=O)C(C#N)C(=O)NC(C)(C)C(=O)N1CCC(C)C(N(C)c2ncnc3[nH]ccc23)C1. The number of piperidine rings is 1. The van der Waals surface area contributed by atoms with Crippen LogP contribution in [-0.2, 0) is 14.4 Å². The van der Waals surface area contributed by atoms with Gasteiger partial charge in [-0.25, -0.2) is 9.97 Å². The van der Waals surface area contributed by atoms with Crippen LogP contribution in [0.1, 0.15) is 34.1 Å². The molecule has 0 spiro atoms. The summed E-state index contributed by atoms with van der Waals surface area (Å²) in [6, 6.07) is 3.63. The highest BCUT2D eigenvalue weighted by Crippen LogP contribution is 2.29. The molecule has 3 heterocycles. The molecule has 1 fully saturated rings. The molecule has 10 nitrogen and oxygen atoms in total. The van der Waals surface area contributed by atoms with Crippen LogP contribution in [0.3, 0.4) is 0 Å². The van der Waals surface area contributed by atoms with Gasteiger partial charge in [-0.2, -0.15) is 5.26 Å². The molecule has 0 bridgehead atoms. The molecule has 32 heavy (non-hydrogen) atoms. The van der Waals surface area contributed by atoms with Crippen molar-refractivity contribution in [2.24, 2.45) is 11.8 Å². The lowest BCUT2D eigenvalue weighted by molar-refractivity contribution is -0.143. The number of amides is 2. The second kappa shape index (κ2) is 8.94. The molecule has 1 aliphatic heterocycles. The lowest BCUT2D eigenvalue weighted by Crippen LogP contribution is -2.61. The summed E-state index contributed by atoms with van der Waals surface area (Å²) in [5.74, 6) is -1.90. The number of ketones is 1. The number of H-pyrrole nitrogens is 1. The van der Waals surface area contributed by atoms with E-state index in [2.05, 4.69) is 32.1 Å². The van der Waals surface area contributed by atoms with E-state index in [-0.39, 0.29) is 11.9 Å². The average Bonchev–Trinajstić information content (AvgIpc) is 3.22. The number of fused-ring (bicyclic) bond motifs is 1. The van der Waals surface area contributed by atoms with Crippen molar-refractivity contribution < 1.29 is 14.4 Å². The van der Waals surface area contributed by atoms with Gasteiger partial charge in [0.25, 0.3) is 0 Å². The molecule has 2 aromatic rings. The van der Waals surface area contributed by atoms with Crippen LogP contribution in [0, 0.1) is 23.2 Å². The van der Waals surface area contributed by atoms with E-state index in [1.807, 2.05) is 19.3 Å². The summed E-state index contributed by atoms with van der Waals surface area (Å²) < 4.78 is 0. The van der Waals surface area contributed by atoms with E-state index in [0.29, 0.717) is 19.0 Å². The Balaban J connectivity index is 1.77. The maximum absolute atomic E-state index is 13.3. The van der Waals surface area contributed by atoms with Crippen molar-refractivity contribution in [2.45, 2.75) is 45.7 Å².